The number of nitrogens with zero attached hydrogens (tertiary/aromatic N) is 2. The quantitative estimate of drug-likeness (QED) is 0.596. The van der Waals surface area contributed by atoms with Crippen LogP contribution in [0, 0.1) is 5.92 Å². The lowest BCUT2D eigenvalue weighted by Crippen LogP contribution is -2.45. The average Bonchev–Trinajstić information content (AvgIpc) is 2.51. The van der Waals surface area contributed by atoms with Gasteiger partial charge >= 0.3 is 0 Å². The molecule has 3 saturated heterocycles. The molecule has 3 aliphatic rings. The standard InChI is InChI=1S/C17H15ClN2O/c18-17-13(9-12-3-1-2-4-14(12)19-17)10-15-16(21)11-5-7-20(15)8-6-11/h1-4,9-11H,5-8H2. The van der Waals surface area contributed by atoms with Crippen LogP contribution in [-0.4, -0.2) is 28.8 Å². The van der Waals surface area contributed by atoms with Crippen molar-refractivity contribution >= 4 is 34.4 Å². The molecule has 3 aliphatic heterocycles. The maximum atomic E-state index is 12.4. The summed E-state index contributed by atoms with van der Waals surface area (Å²) in [5.41, 5.74) is 2.50. The van der Waals surface area contributed by atoms with Crippen LogP contribution in [0.4, 0.5) is 0 Å². The Labute approximate surface area is 128 Å². The fourth-order valence-corrected chi connectivity index (χ4v) is 3.47. The van der Waals surface area contributed by atoms with Gasteiger partial charge in [-0.3, -0.25) is 4.79 Å². The highest BCUT2D eigenvalue weighted by Gasteiger charge is 2.36. The number of ketones is 1. The number of hydrogen-bond donors (Lipinski definition) is 0. The van der Waals surface area contributed by atoms with E-state index in [9.17, 15) is 4.79 Å². The van der Waals surface area contributed by atoms with E-state index < -0.39 is 0 Å². The predicted molar refractivity (Wildman–Crippen MR) is 84.0 cm³/mol. The number of carbonyl (C=O) groups excluding carboxylic acids is 1. The zero-order valence-corrected chi connectivity index (χ0v) is 12.3. The molecule has 1 aromatic carbocycles. The zero-order valence-electron chi connectivity index (χ0n) is 11.6. The number of piperidine rings is 3. The number of para-hydroxylation sites is 1. The zero-order chi connectivity index (χ0) is 14.4. The Morgan fingerprint density at radius 1 is 1.24 bits per heavy atom. The molecule has 0 radical (unpaired) electrons. The van der Waals surface area contributed by atoms with Gasteiger partial charge in [-0.25, -0.2) is 4.98 Å². The summed E-state index contributed by atoms with van der Waals surface area (Å²) < 4.78 is 0. The molecule has 2 aromatic rings. The summed E-state index contributed by atoms with van der Waals surface area (Å²) in [6, 6.07) is 9.88. The molecule has 0 amide bonds. The van der Waals surface area contributed by atoms with Gasteiger partial charge in [-0.05, 0) is 31.1 Å². The van der Waals surface area contributed by atoms with Crippen LogP contribution >= 0.6 is 11.6 Å². The molecule has 2 bridgehead atoms. The number of allylic oxidation sites excluding steroid dienone is 1. The summed E-state index contributed by atoms with van der Waals surface area (Å²) in [5.74, 6) is 0.463. The SMILES string of the molecule is O=C1C(=Cc2cc3ccccc3nc2Cl)N2CCC1CC2. The van der Waals surface area contributed by atoms with Crippen LogP contribution < -0.4 is 0 Å². The summed E-state index contributed by atoms with van der Waals surface area (Å²) in [6.07, 6.45) is 3.88. The number of halogens is 1. The molecule has 0 saturated carbocycles. The minimum Gasteiger partial charge on any atom is -0.369 e. The van der Waals surface area contributed by atoms with Crippen LogP contribution in [-0.2, 0) is 4.79 Å². The lowest BCUT2D eigenvalue weighted by atomic mass is 9.84. The lowest BCUT2D eigenvalue weighted by Gasteiger charge is -2.41. The van der Waals surface area contributed by atoms with E-state index in [1.54, 1.807) is 0 Å². The van der Waals surface area contributed by atoms with Crippen molar-refractivity contribution in [2.75, 3.05) is 13.1 Å². The second-order valence-electron chi connectivity index (χ2n) is 5.72. The highest BCUT2D eigenvalue weighted by atomic mass is 35.5. The Bertz CT molecular complexity index is 760. The normalized spacial score (nSPS) is 20.7. The highest BCUT2D eigenvalue weighted by Crippen LogP contribution is 2.33. The van der Waals surface area contributed by atoms with Gasteiger partial charge in [0.1, 0.15) is 5.15 Å². The predicted octanol–water partition coefficient (Wildman–Crippen LogP) is 3.52. The maximum Gasteiger partial charge on any atom is 0.182 e. The van der Waals surface area contributed by atoms with Crippen LogP contribution in [0.15, 0.2) is 36.0 Å². The van der Waals surface area contributed by atoms with Gasteiger partial charge in [-0.1, -0.05) is 29.8 Å². The topological polar surface area (TPSA) is 33.2 Å². The molecule has 0 unspecified atom stereocenters. The van der Waals surface area contributed by atoms with Crippen LogP contribution in [0.1, 0.15) is 18.4 Å². The first-order valence-electron chi connectivity index (χ1n) is 7.28. The first kappa shape index (κ1) is 12.8. The number of benzene rings is 1. The van der Waals surface area contributed by atoms with Crippen LogP contribution in [0.25, 0.3) is 17.0 Å². The Balaban J connectivity index is 1.81. The highest BCUT2D eigenvalue weighted by molar-refractivity contribution is 6.31. The van der Waals surface area contributed by atoms with E-state index in [0.717, 1.165) is 48.1 Å². The third-order valence-electron chi connectivity index (χ3n) is 4.46. The fourth-order valence-electron chi connectivity index (χ4n) is 3.27. The number of aromatic nitrogens is 1. The minimum absolute atomic E-state index is 0.202. The Morgan fingerprint density at radius 2 is 2.00 bits per heavy atom. The molecular weight excluding hydrogens is 284 g/mol. The smallest absolute Gasteiger partial charge is 0.182 e. The number of pyridine rings is 1. The van der Waals surface area contributed by atoms with E-state index in [0.29, 0.717) is 5.15 Å². The van der Waals surface area contributed by atoms with Crippen molar-refractivity contribution in [3.05, 3.63) is 46.7 Å². The van der Waals surface area contributed by atoms with Crippen LogP contribution in [0.5, 0.6) is 0 Å². The third kappa shape index (κ3) is 2.12. The molecule has 3 fully saturated rings. The van der Waals surface area contributed by atoms with Crippen molar-refractivity contribution in [2.45, 2.75) is 12.8 Å². The molecular formula is C17H15ClN2O. The molecule has 3 nitrogen and oxygen atoms in total. The lowest BCUT2D eigenvalue weighted by molar-refractivity contribution is -0.125. The summed E-state index contributed by atoms with van der Waals surface area (Å²) in [5, 5.41) is 1.49. The molecule has 5 rings (SSSR count). The molecule has 4 heteroatoms. The number of carbonyl (C=O) groups is 1. The van der Waals surface area contributed by atoms with Gasteiger partial charge in [0.05, 0.1) is 11.2 Å². The van der Waals surface area contributed by atoms with Crippen molar-refractivity contribution < 1.29 is 4.79 Å². The molecule has 4 heterocycles. The second kappa shape index (κ2) is 4.85. The van der Waals surface area contributed by atoms with Crippen molar-refractivity contribution in [3.63, 3.8) is 0 Å². The van der Waals surface area contributed by atoms with Gasteiger partial charge < -0.3 is 4.90 Å². The van der Waals surface area contributed by atoms with Crippen molar-refractivity contribution in [2.24, 2.45) is 5.92 Å². The van der Waals surface area contributed by atoms with E-state index >= 15 is 0 Å². The first-order chi connectivity index (χ1) is 10.2. The van der Waals surface area contributed by atoms with Crippen LogP contribution in [0.3, 0.4) is 0 Å². The maximum absolute atomic E-state index is 12.4. The molecule has 0 aliphatic carbocycles. The van der Waals surface area contributed by atoms with Crippen molar-refractivity contribution in [1.82, 2.24) is 9.88 Å². The number of hydrogen-bond acceptors (Lipinski definition) is 3. The van der Waals surface area contributed by atoms with Crippen molar-refractivity contribution in [1.29, 1.82) is 0 Å². The molecule has 1 aromatic heterocycles. The number of rotatable bonds is 1. The van der Waals surface area contributed by atoms with E-state index in [2.05, 4.69) is 9.88 Å². The first-order valence-corrected chi connectivity index (χ1v) is 7.66. The van der Waals surface area contributed by atoms with Crippen LogP contribution in [0.2, 0.25) is 5.15 Å². The Kier molecular flexibility index (Phi) is 2.96. The fraction of sp³-hybridized carbons (Fsp3) is 0.294. The van der Waals surface area contributed by atoms with Gasteiger partial charge in [-0.2, -0.15) is 0 Å². The minimum atomic E-state index is 0.202. The van der Waals surface area contributed by atoms with Gasteiger partial charge in [0.15, 0.2) is 5.78 Å². The molecule has 106 valence electrons. The number of fused-ring (bicyclic) bond motifs is 4. The second-order valence-corrected chi connectivity index (χ2v) is 6.07. The summed E-state index contributed by atoms with van der Waals surface area (Å²) in [4.78, 5) is 19.0. The summed E-state index contributed by atoms with van der Waals surface area (Å²) in [6.45, 7) is 1.95. The Morgan fingerprint density at radius 3 is 2.76 bits per heavy atom. The average molecular weight is 299 g/mol. The van der Waals surface area contributed by atoms with Gasteiger partial charge in [-0.15, -0.1) is 0 Å². The summed E-state index contributed by atoms with van der Waals surface area (Å²) >= 11 is 6.29. The van der Waals surface area contributed by atoms with E-state index in [-0.39, 0.29) is 11.7 Å². The largest absolute Gasteiger partial charge is 0.369 e. The molecule has 0 atom stereocenters. The van der Waals surface area contributed by atoms with E-state index in [4.69, 9.17) is 11.6 Å². The van der Waals surface area contributed by atoms with Crippen molar-refractivity contribution in [3.8, 4) is 0 Å². The van der Waals surface area contributed by atoms with E-state index in [1.165, 1.54) is 0 Å². The molecule has 21 heavy (non-hydrogen) atoms. The number of Topliss-reactive ketones (excluding diaryl/α,β-unsaturated/α-hetero) is 1. The van der Waals surface area contributed by atoms with Gasteiger partial charge in [0.25, 0.3) is 0 Å². The van der Waals surface area contributed by atoms with Gasteiger partial charge in [0.2, 0.25) is 0 Å². The molecule has 0 N–H and O–H groups in total. The third-order valence-corrected chi connectivity index (χ3v) is 4.76. The van der Waals surface area contributed by atoms with Gasteiger partial charge in [0, 0.05) is 30.0 Å². The molecule has 0 spiro atoms. The van der Waals surface area contributed by atoms with E-state index in [1.807, 2.05) is 36.4 Å². The Hall–Kier alpha value is -1.87. The summed E-state index contributed by atoms with van der Waals surface area (Å²) in [7, 11) is 0. The monoisotopic (exact) mass is 298 g/mol.